The van der Waals surface area contributed by atoms with E-state index in [9.17, 15) is 4.79 Å². The van der Waals surface area contributed by atoms with E-state index in [0.29, 0.717) is 0 Å². The molecule has 0 unspecified atom stereocenters. The number of nitrogens with one attached hydrogen (secondary N) is 1. The van der Waals surface area contributed by atoms with Crippen LogP contribution < -0.4 is 14.8 Å². The highest BCUT2D eigenvalue weighted by atomic mass is 16.5. The molecule has 186 valence electrons. The molecule has 1 heterocycles. The molecule has 0 aliphatic rings. The summed E-state index contributed by atoms with van der Waals surface area (Å²) in [5.41, 5.74) is 3.46. The minimum atomic E-state index is -0.0654. The monoisotopic (exact) mass is 474 g/mol. The lowest BCUT2D eigenvalue weighted by atomic mass is 9.93. The van der Waals surface area contributed by atoms with Crippen molar-refractivity contribution in [3.63, 3.8) is 0 Å². The summed E-state index contributed by atoms with van der Waals surface area (Å²) in [6.07, 6.45) is 14.2. The average molecular weight is 475 g/mol. The molecule has 3 aromatic rings. The van der Waals surface area contributed by atoms with Crippen LogP contribution in [0.5, 0.6) is 11.5 Å². The number of fused-ring (bicyclic) bond motifs is 1. The van der Waals surface area contributed by atoms with Crippen molar-refractivity contribution in [3.8, 4) is 11.5 Å². The number of hydrogen-bond acceptors (Lipinski definition) is 4. The number of carbonyl (C=O) groups is 1. The van der Waals surface area contributed by atoms with Gasteiger partial charge in [-0.1, -0.05) is 26.3 Å². The van der Waals surface area contributed by atoms with Crippen molar-refractivity contribution in [3.05, 3.63) is 71.6 Å². The van der Waals surface area contributed by atoms with E-state index in [-0.39, 0.29) is 11.9 Å². The van der Waals surface area contributed by atoms with Gasteiger partial charge in [0.1, 0.15) is 11.5 Å². The lowest BCUT2D eigenvalue weighted by Crippen LogP contribution is -2.33. The molecule has 0 aliphatic heterocycles. The summed E-state index contributed by atoms with van der Waals surface area (Å²) in [5, 5.41) is 5.34. The van der Waals surface area contributed by atoms with E-state index in [1.54, 1.807) is 26.5 Å². The number of hydrogen-bond donors (Lipinski definition) is 1. The topological polar surface area (TPSA) is 60.5 Å². The fourth-order valence-corrected chi connectivity index (χ4v) is 4.42. The molecule has 0 fully saturated rings. The summed E-state index contributed by atoms with van der Waals surface area (Å²) in [6.45, 7) is 4.30. The second-order valence-electron chi connectivity index (χ2n) is 8.86. The number of unbranched alkanes of at least 4 members (excludes halogenated alkanes) is 1. The van der Waals surface area contributed by atoms with Crippen LogP contribution in [0, 0.1) is 0 Å². The molecule has 1 N–H and O–H groups in total. The molecule has 1 aromatic heterocycles. The van der Waals surface area contributed by atoms with Crippen molar-refractivity contribution in [1.82, 2.24) is 10.3 Å². The van der Waals surface area contributed by atoms with Gasteiger partial charge >= 0.3 is 0 Å². The minimum Gasteiger partial charge on any atom is -0.497 e. The summed E-state index contributed by atoms with van der Waals surface area (Å²) < 4.78 is 11.2. The molecule has 0 aliphatic carbocycles. The van der Waals surface area contributed by atoms with Crippen LogP contribution in [0.2, 0.25) is 0 Å². The zero-order valence-corrected chi connectivity index (χ0v) is 21.5. The van der Waals surface area contributed by atoms with Gasteiger partial charge in [-0.3, -0.25) is 9.78 Å². The van der Waals surface area contributed by atoms with Gasteiger partial charge in [-0.15, -0.1) is 0 Å². The van der Waals surface area contributed by atoms with Gasteiger partial charge in [0.2, 0.25) is 5.91 Å². The first-order valence-corrected chi connectivity index (χ1v) is 12.6. The highest BCUT2D eigenvalue weighted by Crippen LogP contribution is 2.35. The molecule has 3 rings (SSSR count). The van der Waals surface area contributed by atoms with E-state index >= 15 is 0 Å². The maximum absolute atomic E-state index is 12.8. The molecule has 0 saturated heterocycles. The Balaban J connectivity index is 1.76. The van der Waals surface area contributed by atoms with Crippen molar-refractivity contribution in [2.75, 3.05) is 14.2 Å². The van der Waals surface area contributed by atoms with E-state index in [1.165, 1.54) is 11.1 Å². The van der Waals surface area contributed by atoms with E-state index in [4.69, 9.17) is 9.47 Å². The molecule has 2 aromatic carbocycles. The number of carbonyl (C=O) groups excluding carboxylic acids is 1. The summed E-state index contributed by atoms with van der Waals surface area (Å²) in [4.78, 5) is 17.0. The summed E-state index contributed by atoms with van der Waals surface area (Å²) in [7, 11) is 3.36. The summed E-state index contributed by atoms with van der Waals surface area (Å²) >= 11 is 0. The molecule has 5 heteroatoms. The van der Waals surface area contributed by atoms with Gasteiger partial charge in [0.05, 0.1) is 14.2 Å². The van der Waals surface area contributed by atoms with Crippen LogP contribution in [0.1, 0.15) is 62.6 Å². The first-order valence-electron chi connectivity index (χ1n) is 12.6. The normalized spacial score (nSPS) is 12.1. The number of nitrogens with zero attached hydrogens (tertiary/aromatic N) is 1. The molecular formula is C30H38N2O3. The lowest BCUT2D eigenvalue weighted by molar-refractivity contribution is -0.117. The fourth-order valence-electron chi connectivity index (χ4n) is 4.42. The second kappa shape index (κ2) is 13.5. The number of methoxy groups -OCH3 is 2. The Labute approximate surface area is 209 Å². The predicted molar refractivity (Wildman–Crippen MR) is 144 cm³/mol. The maximum atomic E-state index is 12.8. The van der Waals surface area contributed by atoms with Crippen LogP contribution >= 0.6 is 0 Å². The highest BCUT2D eigenvalue weighted by molar-refractivity contribution is 5.97. The molecule has 0 radical (unpaired) electrons. The Kier molecular flexibility index (Phi) is 10.1. The number of ether oxygens (including phenoxy) is 2. The first kappa shape index (κ1) is 26.3. The Bertz CT molecular complexity index is 1130. The molecule has 35 heavy (non-hydrogen) atoms. The van der Waals surface area contributed by atoms with E-state index < -0.39 is 0 Å². The van der Waals surface area contributed by atoms with Crippen LogP contribution in [0.25, 0.3) is 16.8 Å². The molecule has 5 nitrogen and oxygen atoms in total. The number of benzene rings is 2. The van der Waals surface area contributed by atoms with Gasteiger partial charge in [-0.25, -0.2) is 0 Å². The van der Waals surface area contributed by atoms with Crippen molar-refractivity contribution < 1.29 is 14.3 Å². The van der Waals surface area contributed by atoms with Crippen LogP contribution in [-0.2, 0) is 17.6 Å². The third-order valence-electron chi connectivity index (χ3n) is 6.45. The smallest absolute Gasteiger partial charge is 0.244 e. The van der Waals surface area contributed by atoms with E-state index in [0.717, 1.165) is 72.8 Å². The molecule has 0 saturated carbocycles. The van der Waals surface area contributed by atoms with Gasteiger partial charge in [0, 0.05) is 29.9 Å². The molecule has 1 amide bonds. The number of pyridine rings is 1. The van der Waals surface area contributed by atoms with Crippen LogP contribution in [-0.4, -0.2) is 31.2 Å². The van der Waals surface area contributed by atoms with Crippen molar-refractivity contribution in [1.29, 1.82) is 0 Å². The number of rotatable bonds is 13. The number of amides is 1. The Morgan fingerprint density at radius 1 is 1.06 bits per heavy atom. The predicted octanol–water partition coefficient (Wildman–Crippen LogP) is 6.53. The zero-order valence-electron chi connectivity index (χ0n) is 21.5. The Morgan fingerprint density at radius 3 is 2.60 bits per heavy atom. The Hall–Kier alpha value is -3.34. The maximum Gasteiger partial charge on any atom is 0.244 e. The molecule has 0 bridgehead atoms. The zero-order chi connectivity index (χ0) is 25.0. The molecule has 0 spiro atoms. The average Bonchev–Trinajstić information content (AvgIpc) is 2.90. The van der Waals surface area contributed by atoms with Crippen molar-refractivity contribution >= 4 is 22.8 Å². The van der Waals surface area contributed by atoms with Crippen molar-refractivity contribution in [2.24, 2.45) is 0 Å². The third-order valence-corrected chi connectivity index (χ3v) is 6.45. The van der Waals surface area contributed by atoms with Crippen LogP contribution in [0.4, 0.5) is 0 Å². The standard InChI is InChI=1S/C30H38N2O3/c1-5-7-13-26-23(19-29(35-4)27-16-15-25(34-3)20-28(26)27)14-17-30(33)32-24(6-2)12-8-10-22-11-9-18-31-21-22/h9,11,14-21,24H,5-8,10,12-13H2,1-4H3,(H,32,33)/t24-/m1/s1. The van der Waals surface area contributed by atoms with Crippen LogP contribution in [0.15, 0.2) is 54.9 Å². The molecule has 1 atom stereocenters. The fraction of sp³-hybridized carbons (Fsp3) is 0.400. The number of aryl methyl sites for hydroxylation is 2. The van der Waals surface area contributed by atoms with E-state index in [1.807, 2.05) is 36.5 Å². The summed E-state index contributed by atoms with van der Waals surface area (Å²) in [5.74, 6) is 1.54. The van der Waals surface area contributed by atoms with Gasteiger partial charge in [0.25, 0.3) is 0 Å². The van der Waals surface area contributed by atoms with E-state index in [2.05, 4.69) is 36.3 Å². The largest absolute Gasteiger partial charge is 0.497 e. The quantitative estimate of drug-likeness (QED) is 0.286. The third kappa shape index (κ3) is 7.32. The van der Waals surface area contributed by atoms with Crippen molar-refractivity contribution in [2.45, 2.75) is 64.8 Å². The van der Waals surface area contributed by atoms with Gasteiger partial charge < -0.3 is 14.8 Å². The second-order valence-corrected chi connectivity index (χ2v) is 8.86. The SMILES string of the molecule is CCCCc1c(C=CC(=O)N[C@H](CC)CCCc2cccnc2)cc(OC)c2ccc(OC)cc12. The van der Waals surface area contributed by atoms with Crippen LogP contribution in [0.3, 0.4) is 0 Å². The summed E-state index contributed by atoms with van der Waals surface area (Å²) in [6, 6.07) is 12.3. The minimum absolute atomic E-state index is 0.0654. The van der Waals surface area contributed by atoms with Gasteiger partial charge in [-0.05, 0) is 97.0 Å². The molecular weight excluding hydrogens is 436 g/mol. The van der Waals surface area contributed by atoms with Gasteiger partial charge in [0.15, 0.2) is 0 Å². The Morgan fingerprint density at radius 2 is 1.91 bits per heavy atom. The number of aromatic nitrogens is 1. The highest BCUT2D eigenvalue weighted by Gasteiger charge is 2.13. The lowest BCUT2D eigenvalue weighted by Gasteiger charge is -2.17. The first-order chi connectivity index (χ1) is 17.1. The van der Waals surface area contributed by atoms with Gasteiger partial charge in [-0.2, -0.15) is 0 Å².